The minimum Gasteiger partial charge on any atom is -0.454 e. The third kappa shape index (κ3) is 9.41. The van der Waals surface area contributed by atoms with Crippen molar-refractivity contribution in [3.63, 3.8) is 0 Å². The van der Waals surface area contributed by atoms with E-state index in [1.54, 1.807) is 24.3 Å². The van der Waals surface area contributed by atoms with E-state index in [0.717, 1.165) is 12.0 Å². The van der Waals surface area contributed by atoms with E-state index in [1.807, 2.05) is 12.1 Å². The number of anilines is 3. The summed E-state index contributed by atoms with van der Waals surface area (Å²) in [5.41, 5.74) is 1.23. The molecule has 37 heavy (non-hydrogen) atoms. The number of rotatable bonds is 11. The Morgan fingerprint density at radius 2 is 1.73 bits per heavy atom. The van der Waals surface area contributed by atoms with Gasteiger partial charge in [0, 0.05) is 30.4 Å². The molecule has 2 heterocycles. The van der Waals surface area contributed by atoms with Crippen LogP contribution in [0.3, 0.4) is 0 Å². The number of benzene rings is 1. The largest absolute Gasteiger partial charge is 0.454 e. The molecular formula is C25H28ClF3N6O2. The third-order valence-electron chi connectivity index (χ3n) is 5.42. The Labute approximate surface area is 218 Å². The number of aromatic nitrogens is 3. The number of halogens is 4. The number of alkyl halides is 3. The standard InChI is InChI=1S/C25H28ClF3N6O2/c1-4-24(2,3)14-32-22(36)17-7-10-19(31-13-17)33-21-11-20(30-12-16-5-8-18(26)9-6-16)34-23(35-21)37-15-25(27,28)29/h5-11,13H,4,12,14-15H2,1-3H3,(H,32,36)(H2,30,31,33,34,35). The maximum atomic E-state index is 12.7. The fourth-order valence-electron chi connectivity index (χ4n) is 2.87. The monoisotopic (exact) mass is 536 g/mol. The van der Waals surface area contributed by atoms with Crippen LogP contribution in [0.5, 0.6) is 6.01 Å². The highest BCUT2D eigenvalue weighted by atomic mass is 35.5. The van der Waals surface area contributed by atoms with Crippen LogP contribution in [0.2, 0.25) is 5.02 Å². The Kier molecular flexibility index (Phi) is 9.14. The van der Waals surface area contributed by atoms with Gasteiger partial charge in [-0.15, -0.1) is 0 Å². The zero-order chi connectivity index (χ0) is 27.1. The van der Waals surface area contributed by atoms with Gasteiger partial charge in [-0.05, 0) is 41.7 Å². The predicted octanol–water partition coefficient (Wildman–Crippen LogP) is 5.99. The molecule has 0 aliphatic rings. The van der Waals surface area contributed by atoms with Gasteiger partial charge in [0.05, 0.1) is 5.56 Å². The second kappa shape index (κ2) is 12.1. The first-order valence-electron chi connectivity index (χ1n) is 11.5. The van der Waals surface area contributed by atoms with E-state index in [0.29, 0.717) is 29.5 Å². The van der Waals surface area contributed by atoms with Gasteiger partial charge in [-0.25, -0.2) is 4.98 Å². The molecule has 8 nitrogen and oxygen atoms in total. The average molecular weight is 537 g/mol. The summed E-state index contributed by atoms with van der Waals surface area (Å²) in [6.07, 6.45) is -2.23. The molecule has 198 valence electrons. The minimum atomic E-state index is -4.55. The van der Waals surface area contributed by atoms with Crippen molar-refractivity contribution < 1.29 is 22.7 Å². The molecule has 0 radical (unpaired) electrons. The second-order valence-electron chi connectivity index (χ2n) is 9.06. The van der Waals surface area contributed by atoms with Gasteiger partial charge in [-0.3, -0.25) is 4.79 Å². The topological polar surface area (TPSA) is 101 Å². The van der Waals surface area contributed by atoms with E-state index < -0.39 is 18.8 Å². The summed E-state index contributed by atoms with van der Waals surface area (Å²) in [5.74, 6) is 0.466. The van der Waals surface area contributed by atoms with Gasteiger partial charge in [0.2, 0.25) is 0 Å². The van der Waals surface area contributed by atoms with Crippen molar-refractivity contribution >= 4 is 35.0 Å². The molecule has 2 aromatic heterocycles. The van der Waals surface area contributed by atoms with Gasteiger partial charge in [0.15, 0.2) is 6.61 Å². The first-order chi connectivity index (χ1) is 17.4. The van der Waals surface area contributed by atoms with Gasteiger partial charge < -0.3 is 20.7 Å². The molecule has 1 aromatic carbocycles. The van der Waals surface area contributed by atoms with E-state index >= 15 is 0 Å². The highest BCUT2D eigenvalue weighted by Crippen LogP contribution is 2.23. The second-order valence-corrected chi connectivity index (χ2v) is 9.50. The van der Waals surface area contributed by atoms with E-state index in [-0.39, 0.29) is 23.0 Å². The van der Waals surface area contributed by atoms with Gasteiger partial charge >= 0.3 is 12.2 Å². The van der Waals surface area contributed by atoms with Crippen molar-refractivity contribution in [3.8, 4) is 6.01 Å². The molecule has 0 aliphatic carbocycles. The van der Waals surface area contributed by atoms with Crippen LogP contribution < -0.4 is 20.7 Å². The first kappa shape index (κ1) is 28.0. The molecule has 3 N–H and O–H groups in total. The Hall–Kier alpha value is -3.60. The summed E-state index contributed by atoms with van der Waals surface area (Å²) in [7, 11) is 0. The van der Waals surface area contributed by atoms with E-state index in [1.165, 1.54) is 12.3 Å². The van der Waals surface area contributed by atoms with E-state index in [9.17, 15) is 18.0 Å². The number of nitrogens with one attached hydrogen (secondary N) is 3. The fraction of sp³-hybridized carbons (Fsp3) is 0.360. The smallest absolute Gasteiger partial charge is 0.422 e. The van der Waals surface area contributed by atoms with E-state index in [4.69, 9.17) is 16.3 Å². The fourth-order valence-corrected chi connectivity index (χ4v) is 2.99. The van der Waals surface area contributed by atoms with Crippen LogP contribution in [0.25, 0.3) is 0 Å². The predicted molar refractivity (Wildman–Crippen MR) is 136 cm³/mol. The molecule has 12 heteroatoms. The molecule has 0 fully saturated rings. The van der Waals surface area contributed by atoms with Crippen molar-refractivity contribution in [2.75, 3.05) is 23.8 Å². The lowest BCUT2D eigenvalue weighted by Crippen LogP contribution is -2.33. The number of ether oxygens (including phenoxy) is 1. The van der Waals surface area contributed by atoms with Crippen LogP contribution in [-0.4, -0.2) is 40.2 Å². The maximum Gasteiger partial charge on any atom is 0.422 e. The molecular weight excluding hydrogens is 509 g/mol. The number of nitrogens with zero attached hydrogens (tertiary/aromatic N) is 3. The lowest BCUT2D eigenvalue weighted by Gasteiger charge is -2.22. The Balaban J connectivity index is 1.72. The summed E-state index contributed by atoms with van der Waals surface area (Å²) in [4.78, 5) is 24.6. The number of hydrogen-bond donors (Lipinski definition) is 3. The lowest BCUT2D eigenvalue weighted by molar-refractivity contribution is -0.154. The Morgan fingerprint density at radius 3 is 2.35 bits per heavy atom. The van der Waals surface area contributed by atoms with Gasteiger partial charge in [-0.1, -0.05) is 44.5 Å². The number of pyridine rings is 1. The number of hydrogen-bond acceptors (Lipinski definition) is 7. The third-order valence-corrected chi connectivity index (χ3v) is 5.68. The van der Waals surface area contributed by atoms with Crippen LogP contribution in [0, 0.1) is 5.41 Å². The molecule has 3 rings (SSSR count). The highest BCUT2D eigenvalue weighted by molar-refractivity contribution is 6.30. The molecule has 3 aromatic rings. The number of amides is 1. The van der Waals surface area contributed by atoms with E-state index in [2.05, 4.69) is 51.7 Å². The first-order valence-corrected chi connectivity index (χ1v) is 11.9. The molecule has 0 aliphatic heterocycles. The molecule has 1 amide bonds. The van der Waals surface area contributed by atoms with Crippen molar-refractivity contribution in [2.24, 2.45) is 5.41 Å². The van der Waals surface area contributed by atoms with Crippen molar-refractivity contribution in [3.05, 3.63) is 64.8 Å². The quantitative estimate of drug-likeness (QED) is 0.277. The minimum absolute atomic E-state index is 0.0250. The SMILES string of the molecule is CCC(C)(C)CNC(=O)c1ccc(Nc2cc(NCc3ccc(Cl)cc3)nc(OCC(F)(F)F)n2)nc1. The van der Waals surface area contributed by atoms with Crippen LogP contribution >= 0.6 is 11.6 Å². The van der Waals surface area contributed by atoms with Crippen LogP contribution in [-0.2, 0) is 6.54 Å². The molecule has 0 atom stereocenters. The van der Waals surface area contributed by atoms with Gasteiger partial charge in [-0.2, -0.15) is 23.1 Å². The average Bonchev–Trinajstić information content (AvgIpc) is 2.86. The van der Waals surface area contributed by atoms with Crippen molar-refractivity contribution in [1.82, 2.24) is 20.3 Å². The molecule has 0 saturated carbocycles. The molecule has 0 unspecified atom stereocenters. The zero-order valence-corrected chi connectivity index (χ0v) is 21.4. The Bertz CT molecular complexity index is 1190. The van der Waals surface area contributed by atoms with Crippen LogP contribution in [0.15, 0.2) is 48.7 Å². The summed E-state index contributed by atoms with van der Waals surface area (Å²) in [5, 5.41) is 9.41. The van der Waals surface area contributed by atoms with Gasteiger partial charge in [0.1, 0.15) is 17.5 Å². The van der Waals surface area contributed by atoms with Crippen LogP contribution in [0.4, 0.5) is 30.6 Å². The number of carbonyl (C=O) groups excluding carboxylic acids is 1. The van der Waals surface area contributed by atoms with Crippen molar-refractivity contribution in [1.29, 1.82) is 0 Å². The van der Waals surface area contributed by atoms with Gasteiger partial charge in [0.25, 0.3) is 5.91 Å². The molecule has 0 saturated heterocycles. The summed E-state index contributed by atoms with van der Waals surface area (Å²) in [6.45, 7) is 5.50. The maximum absolute atomic E-state index is 12.7. The lowest BCUT2D eigenvalue weighted by atomic mass is 9.90. The summed E-state index contributed by atoms with van der Waals surface area (Å²) < 4.78 is 42.8. The Morgan fingerprint density at radius 1 is 1.03 bits per heavy atom. The van der Waals surface area contributed by atoms with Crippen LogP contribution in [0.1, 0.15) is 43.1 Å². The van der Waals surface area contributed by atoms with Crippen molar-refractivity contribution in [2.45, 2.75) is 39.9 Å². The normalized spacial score (nSPS) is 11.6. The summed E-state index contributed by atoms with van der Waals surface area (Å²) in [6, 6.07) is 11.3. The number of carbonyl (C=O) groups is 1. The highest BCUT2D eigenvalue weighted by Gasteiger charge is 2.29. The molecule has 0 spiro atoms. The summed E-state index contributed by atoms with van der Waals surface area (Å²) >= 11 is 5.90. The zero-order valence-electron chi connectivity index (χ0n) is 20.6. The molecule has 0 bridgehead atoms.